The molecule has 25 heavy (non-hydrogen) atoms. The van der Waals surface area contributed by atoms with Crippen LogP contribution in [0.4, 0.5) is 5.69 Å². The smallest absolute Gasteiger partial charge is 0.224 e. The Morgan fingerprint density at radius 1 is 1.36 bits per heavy atom. The highest BCUT2D eigenvalue weighted by atomic mass is 33.1. The summed E-state index contributed by atoms with van der Waals surface area (Å²) in [6.45, 7) is 4.66. The van der Waals surface area contributed by atoms with Crippen LogP contribution >= 0.6 is 21.6 Å². The molecule has 1 aromatic carbocycles. The number of carbonyl (C=O) groups is 1. The van der Waals surface area contributed by atoms with Crippen molar-refractivity contribution in [1.29, 1.82) is 0 Å². The van der Waals surface area contributed by atoms with Gasteiger partial charge in [-0.1, -0.05) is 40.1 Å². The van der Waals surface area contributed by atoms with Gasteiger partial charge in [0.25, 0.3) is 0 Å². The molecule has 1 fully saturated rings. The third kappa shape index (κ3) is 5.42. The SMILES string of the molecule is CC1(C)COC(c2ccccc2NC(=O)CCCC[C@H]2CCSS2)=N1. The van der Waals surface area contributed by atoms with Crippen LogP contribution in [0, 0.1) is 0 Å². The highest BCUT2D eigenvalue weighted by molar-refractivity contribution is 8.77. The van der Waals surface area contributed by atoms with Crippen LogP contribution in [-0.4, -0.2) is 35.0 Å². The van der Waals surface area contributed by atoms with E-state index < -0.39 is 0 Å². The summed E-state index contributed by atoms with van der Waals surface area (Å²) < 4.78 is 5.73. The normalized spacial score (nSPS) is 21.7. The molecule has 1 saturated heterocycles. The number of para-hydroxylation sites is 1. The lowest BCUT2D eigenvalue weighted by Crippen LogP contribution is -2.17. The van der Waals surface area contributed by atoms with Gasteiger partial charge in [-0.15, -0.1) is 0 Å². The number of aliphatic imine (C=N–C) groups is 1. The minimum atomic E-state index is -0.205. The molecule has 1 amide bonds. The molecule has 0 aliphatic carbocycles. The number of unbranched alkanes of at least 4 members (excludes halogenated alkanes) is 1. The molecule has 1 atom stereocenters. The molecule has 0 unspecified atom stereocenters. The van der Waals surface area contributed by atoms with Gasteiger partial charge in [-0.25, -0.2) is 4.99 Å². The largest absolute Gasteiger partial charge is 0.475 e. The van der Waals surface area contributed by atoms with Crippen molar-refractivity contribution in [2.45, 2.75) is 56.7 Å². The average Bonchev–Trinajstić information content (AvgIpc) is 3.21. The molecule has 6 heteroatoms. The summed E-state index contributed by atoms with van der Waals surface area (Å²) in [4.78, 5) is 16.9. The van der Waals surface area contributed by atoms with Gasteiger partial charge >= 0.3 is 0 Å². The Morgan fingerprint density at radius 2 is 2.20 bits per heavy atom. The van der Waals surface area contributed by atoms with Crippen molar-refractivity contribution in [3.05, 3.63) is 29.8 Å². The molecule has 1 aromatic rings. The molecule has 2 aliphatic rings. The number of rotatable bonds is 7. The van der Waals surface area contributed by atoms with Gasteiger partial charge in [-0.05, 0) is 45.2 Å². The van der Waals surface area contributed by atoms with E-state index in [0.717, 1.165) is 29.3 Å². The molecule has 136 valence electrons. The molecule has 0 aromatic heterocycles. The molecule has 0 saturated carbocycles. The second-order valence-electron chi connectivity index (χ2n) is 7.19. The molecule has 2 aliphatic heterocycles. The lowest BCUT2D eigenvalue weighted by atomic mass is 10.1. The summed E-state index contributed by atoms with van der Waals surface area (Å²) in [6, 6.07) is 7.73. The monoisotopic (exact) mass is 378 g/mol. The van der Waals surface area contributed by atoms with E-state index in [-0.39, 0.29) is 11.4 Å². The number of benzene rings is 1. The van der Waals surface area contributed by atoms with Gasteiger partial charge in [0.1, 0.15) is 6.61 Å². The third-order valence-corrected chi connectivity index (χ3v) is 7.31. The van der Waals surface area contributed by atoms with E-state index in [4.69, 9.17) is 4.74 Å². The van der Waals surface area contributed by atoms with Crippen molar-refractivity contribution in [2.24, 2.45) is 4.99 Å². The molecular formula is C19H26N2O2S2. The second kappa shape index (κ2) is 8.49. The van der Waals surface area contributed by atoms with Gasteiger partial charge in [0.2, 0.25) is 11.8 Å². The summed E-state index contributed by atoms with van der Waals surface area (Å²) in [7, 11) is 3.98. The number of nitrogens with one attached hydrogen (secondary N) is 1. The van der Waals surface area contributed by atoms with E-state index >= 15 is 0 Å². The van der Waals surface area contributed by atoms with Crippen LogP contribution in [0.25, 0.3) is 0 Å². The number of carbonyl (C=O) groups excluding carboxylic acids is 1. The number of hydrogen-bond acceptors (Lipinski definition) is 5. The number of amides is 1. The molecule has 1 N–H and O–H groups in total. The maximum atomic E-state index is 12.3. The summed E-state index contributed by atoms with van der Waals surface area (Å²) >= 11 is 0. The van der Waals surface area contributed by atoms with Crippen LogP contribution in [0.2, 0.25) is 0 Å². The average molecular weight is 379 g/mol. The number of hydrogen-bond donors (Lipinski definition) is 1. The Labute approximate surface area is 158 Å². The second-order valence-corrected chi connectivity index (χ2v) is 9.97. The topological polar surface area (TPSA) is 50.7 Å². The fourth-order valence-corrected chi connectivity index (χ4v) is 5.96. The summed E-state index contributed by atoms with van der Waals surface area (Å²) in [6.07, 6.45) is 5.17. The first kappa shape index (κ1) is 18.6. The van der Waals surface area contributed by atoms with E-state index in [1.807, 2.05) is 59.7 Å². The standard InChI is InChI=1S/C19H26N2O2S2/c1-19(2)13-23-18(21-19)15-8-4-5-9-16(15)20-17(22)10-6-3-7-14-11-12-24-25-14/h4-5,8-9,14H,3,6-7,10-13H2,1-2H3,(H,20,22)/t14-/m0/s1. The Balaban J connectivity index is 1.51. The van der Waals surface area contributed by atoms with Crippen molar-refractivity contribution >= 4 is 39.1 Å². The first-order valence-corrected chi connectivity index (χ1v) is 11.3. The fourth-order valence-electron chi connectivity index (χ4n) is 2.94. The first-order chi connectivity index (χ1) is 12.0. The van der Waals surface area contributed by atoms with Crippen LogP contribution in [0.1, 0.15) is 51.5 Å². The van der Waals surface area contributed by atoms with Crippen LogP contribution in [0.5, 0.6) is 0 Å². The zero-order valence-corrected chi connectivity index (χ0v) is 16.5. The molecule has 0 bridgehead atoms. The van der Waals surface area contributed by atoms with Gasteiger partial charge in [0, 0.05) is 17.4 Å². The molecule has 3 rings (SSSR count). The highest BCUT2D eigenvalue weighted by Crippen LogP contribution is 2.39. The molecular weight excluding hydrogens is 352 g/mol. The Hall–Kier alpha value is -1.14. The van der Waals surface area contributed by atoms with E-state index in [1.54, 1.807) is 0 Å². The van der Waals surface area contributed by atoms with Gasteiger partial charge in [0.15, 0.2) is 0 Å². The van der Waals surface area contributed by atoms with E-state index in [1.165, 1.54) is 18.6 Å². The van der Waals surface area contributed by atoms with Crippen LogP contribution in [0.3, 0.4) is 0 Å². The number of ether oxygens (including phenoxy) is 1. The minimum absolute atomic E-state index is 0.0683. The zero-order valence-electron chi connectivity index (χ0n) is 14.9. The van der Waals surface area contributed by atoms with E-state index in [0.29, 0.717) is 18.9 Å². The maximum absolute atomic E-state index is 12.3. The Morgan fingerprint density at radius 3 is 2.92 bits per heavy atom. The highest BCUT2D eigenvalue weighted by Gasteiger charge is 2.28. The maximum Gasteiger partial charge on any atom is 0.224 e. The van der Waals surface area contributed by atoms with Crippen LogP contribution in [0.15, 0.2) is 29.3 Å². The van der Waals surface area contributed by atoms with Gasteiger partial charge in [-0.3, -0.25) is 4.79 Å². The van der Waals surface area contributed by atoms with E-state index in [2.05, 4.69) is 10.3 Å². The molecule has 0 radical (unpaired) electrons. The van der Waals surface area contributed by atoms with Crippen molar-refractivity contribution < 1.29 is 9.53 Å². The summed E-state index contributed by atoms with van der Waals surface area (Å²) in [5.74, 6) is 1.96. The lowest BCUT2D eigenvalue weighted by Gasteiger charge is -2.11. The molecule has 4 nitrogen and oxygen atoms in total. The predicted octanol–water partition coefficient (Wildman–Crippen LogP) is 4.89. The van der Waals surface area contributed by atoms with Crippen molar-refractivity contribution in [2.75, 3.05) is 17.7 Å². The molecule has 0 spiro atoms. The lowest BCUT2D eigenvalue weighted by molar-refractivity contribution is -0.116. The molecule has 2 heterocycles. The number of nitrogens with zero attached hydrogens (tertiary/aromatic N) is 1. The first-order valence-electron chi connectivity index (χ1n) is 8.94. The fraction of sp³-hybridized carbons (Fsp3) is 0.579. The zero-order chi connectivity index (χ0) is 17.7. The minimum Gasteiger partial charge on any atom is -0.475 e. The van der Waals surface area contributed by atoms with Crippen molar-refractivity contribution in [1.82, 2.24) is 0 Å². The van der Waals surface area contributed by atoms with Crippen molar-refractivity contribution in [3.63, 3.8) is 0 Å². The van der Waals surface area contributed by atoms with Gasteiger partial charge in [0.05, 0.1) is 16.8 Å². The Kier molecular flexibility index (Phi) is 6.34. The quantitative estimate of drug-likeness (QED) is 0.542. The van der Waals surface area contributed by atoms with Crippen LogP contribution < -0.4 is 5.32 Å². The van der Waals surface area contributed by atoms with E-state index in [9.17, 15) is 4.79 Å². The van der Waals surface area contributed by atoms with Gasteiger partial charge in [-0.2, -0.15) is 0 Å². The Bertz CT molecular complexity index is 640. The summed E-state index contributed by atoms with van der Waals surface area (Å²) in [5, 5.41) is 3.82. The van der Waals surface area contributed by atoms with Crippen molar-refractivity contribution in [3.8, 4) is 0 Å². The summed E-state index contributed by atoms with van der Waals surface area (Å²) in [5.41, 5.74) is 1.44. The predicted molar refractivity (Wildman–Crippen MR) is 109 cm³/mol. The number of anilines is 1. The third-order valence-electron chi connectivity index (χ3n) is 4.31. The van der Waals surface area contributed by atoms with Crippen LogP contribution in [-0.2, 0) is 9.53 Å². The van der Waals surface area contributed by atoms with Gasteiger partial charge < -0.3 is 10.1 Å².